The van der Waals surface area contributed by atoms with Crippen molar-refractivity contribution in [2.24, 2.45) is 0 Å². The molecule has 0 spiro atoms. The summed E-state index contributed by atoms with van der Waals surface area (Å²) in [5.41, 5.74) is 3.71. The Balaban J connectivity index is 1.60. The molecule has 1 amide bonds. The van der Waals surface area contributed by atoms with E-state index in [2.05, 4.69) is 10.3 Å². The number of rotatable bonds is 7. The fourth-order valence-corrected chi connectivity index (χ4v) is 4.42. The highest BCUT2D eigenvalue weighted by Gasteiger charge is 2.16. The van der Waals surface area contributed by atoms with Crippen LogP contribution in [0.5, 0.6) is 5.75 Å². The maximum atomic E-state index is 14.0. The van der Waals surface area contributed by atoms with Gasteiger partial charge in [0.2, 0.25) is 5.91 Å². The topological polar surface area (TPSA) is 88.3 Å². The van der Waals surface area contributed by atoms with Gasteiger partial charge in [-0.3, -0.25) is 4.79 Å². The van der Waals surface area contributed by atoms with E-state index >= 15 is 0 Å². The van der Waals surface area contributed by atoms with Crippen molar-refractivity contribution >= 4 is 32.3 Å². The van der Waals surface area contributed by atoms with Gasteiger partial charge in [0.25, 0.3) is 0 Å². The van der Waals surface area contributed by atoms with Crippen LogP contribution in [-0.2, 0) is 21.1 Å². The average molecular weight is 467 g/mol. The third-order valence-electron chi connectivity index (χ3n) is 5.39. The van der Waals surface area contributed by atoms with Crippen molar-refractivity contribution in [2.45, 2.75) is 17.7 Å². The molecule has 0 saturated carbocycles. The Hall–Kier alpha value is -3.65. The number of aromatic nitrogens is 1. The Morgan fingerprint density at radius 3 is 2.52 bits per heavy atom. The molecule has 0 aliphatic rings. The Labute approximate surface area is 191 Å². The van der Waals surface area contributed by atoms with Crippen LogP contribution in [0.25, 0.3) is 22.2 Å². The fraction of sp³-hybridized carbons (Fsp3) is 0.160. The lowest BCUT2D eigenvalue weighted by Crippen LogP contribution is -2.13. The maximum Gasteiger partial charge on any atom is 0.224 e. The van der Waals surface area contributed by atoms with Crippen LogP contribution in [-0.4, -0.2) is 32.7 Å². The predicted octanol–water partition coefficient (Wildman–Crippen LogP) is 4.96. The number of H-pyrrole nitrogens is 1. The number of amides is 1. The van der Waals surface area contributed by atoms with Crippen LogP contribution in [0, 0.1) is 5.82 Å². The van der Waals surface area contributed by atoms with E-state index in [1.807, 2.05) is 24.3 Å². The Kier molecular flexibility index (Phi) is 6.20. The van der Waals surface area contributed by atoms with Gasteiger partial charge in [0.05, 0.1) is 12.0 Å². The molecule has 0 aliphatic carbocycles. The SMILES string of the molecule is COc1ccc(-c2[nH]c3ccc(F)cc3c2CCC(=O)Nc2cccc(S(C)(=O)=O)c2)cc1. The summed E-state index contributed by atoms with van der Waals surface area (Å²) in [7, 11) is -1.78. The Morgan fingerprint density at radius 2 is 1.82 bits per heavy atom. The Bertz CT molecular complexity index is 1430. The summed E-state index contributed by atoms with van der Waals surface area (Å²) in [5.74, 6) is 0.0938. The second-order valence-electron chi connectivity index (χ2n) is 7.75. The van der Waals surface area contributed by atoms with Crippen LogP contribution >= 0.6 is 0 Å². The number of halogens is 1. The predicted molar refractivity (Wildman–Crippen MR) is 127 cm³/mol. The molecule has 1 heterocycles. The molecule has 3 aromatic carbocycles. The zero-order chi connectivity index (χ0) is 23.6. The lowest BCUT2D eigenvalue weighted by molar-refractivity contribution is -0.116. The van der Waals surface area contributed by atoms with Gasteiger partial charge in [-0.1, -0.05) is 6.07 Å². The molecule has 0 atom stereocenters. The maximum absolute atomic E-state index is 14.0. The zero-order valence-electron chi connectivity index (χ0n) is 18.2. The van der Waals surface area contributed by atoms with E-state index < -0.39 is 9.84 Å². The van der Waals surface area contributed by atoms with Crippen molar-refractivity contribution in [1.82, 2.24) is 4.98 Å². The van der Waals surface area contributed by atoms with E-state index in [1.54, 1.807) is 25.3 Å². The molecule has 4 aromatic rings. The van der Waals surface area contributed by atoms with Crippen molar-refractivity contribution in [3.63, 3.8) is 0 Å². The second-order valence-corrected chi connectivity index (χ2v) is 9.76. The van der Waals surface area contributed by atoms with Gasteiger partial charge in [0, 0.05) is 35.0 Å². The lowest BCUT2D eigenvalue weighted by atomic mass is 10.0. The molecule has 2 N–H and O–H groups in total. The van der Waals surface area contributed by atoms with Gasteiger partial charge in [0.15, 0.2) is 9.84 Å². The summed E-state index contributed by atoms with van der Waals surface area (Å²) < 4.78 is 42.7. The van der Waals surface area contributed by atoms with Gasteiger partial charge in [-0.25, -0.2) is 12.8 Å². The molecule has 0 bridgehead atoms. The molecule has 0 saturated heterocycles. The molecule has 33 heavy (non-hydrogen) atoms. The van der Waals surface area contributed by atoms with E-state index in [9.17, 15) is 17.6 Å². The van der Waals surface area contributed by atoms with Gasteiger partial charge in [-0.2, -0.15) is 0 Å². The first-order valence-corrected chi connectivity index (χ1v) is 12.2. The molecule has 4 rings (SSSR count). The van der Waals surface area contributed by atoms with E-state index in [1.165, 1.54) is 24.3 Å². The fourth-order valence-electron chi connectivity index (χ4n) is 3.75. The minimum Gasteiger partial charge on any atom is -0.497 e. The summed E-state index contributed by atoms with van der Waals surface area (Å²) in [6.07, 6.45) is 1.61. The molecule has 8 heteroatoms. The van der Waals surface area contributed by atoms with Gasteiger partial charge in [-0.15, -0.1) is 0 Å². The highest BCUT2D eigenvalue weighted by atomic mass is 32.2. The van der Waals surface area contributed by atoms with Gasteiger partial charge in [-0.05, 0) is 78.2 Å². The van der Waals surface area contributed by atoms with Crippen LogP contribution < -0.4 is 10.1 Å². The van der Waals surface area contributed by atoms with Crippen molar-refractivity contribution < 1.29 is 22.3 Å². The van der Waals surface area contributed by atoms with E-state index in [4.69, 9.17) is 4.74 Å². The number of fused-ring (bicyclic) bond motifs is 1. The number of hydrogen-bond donors (Lipinski definition) is 2. The van der Waals surface area contributed by atoms with E-state index in [0.717, 1.165) is 34.3 Å². The number of sulfone groups is 1. The number of aromatic amines is 1. The third-order valence-corrected chi connectivity index (χ3v) is 6.51. The average Bonchev–Trinajstić information content (AvgIpc) is 3.15. The van der Waals surface area contributed by atoms with Crippen molar-refractivity contribution in [3.8, 4) is 17.0 Å². The second kappa shape index (κ2) is 9.07. The number of ether oxygens (including phenoxy) is 1. The lowest BCUT2D eigenvalue weighted by Gasteiger charge is -2.09. The van der Waals surface area contributed by atoms with Crippen molar-refractivity contribution in [1.29, 1.82) is 0 Å². The first-order chi connectivity index (χ1) is 15.7. The molecule has 0 unspecified atom stereocenters. The monoisotopic (exact) mass is 466 g/mol. The number of anilines is 1. The summed E-state index contributed by atoms with van der Waals surface area (Å²) in [6.45, 7) is 0. The van der Waals surface area contributed by atoms with Gasteiger partial charge in [0.1, 0.15) is 11.6 Å². The number of nitrogens with one attached hydrogen (secondary N) is 2. The van der Waals surface area contributed by atoms with E-state index in [-0.39, 0.29) is 23.0 Å². The molecular formula is C25H23FN2O4S. The summed E-state index contributed by atoms with van der Waals surface area (Å²) in [4.78, 5) is 16.1. The third kappa shape index (κ3) is 5.06. The smallest absolute Gasteiger partial charge is 0.224 e. The first kappa shape index (κ1) is 22.5. The summed E-state index contributed by atoms with van der Waals surface area (Å²) >= 11 is 0. The van der Waals surface area contributed by atoms with Crippen LogP contribution in [0.2, 0.25) is 0 Å². The zero-order valence-corrected chi connectivity index (χ0v) is 19.0. The van der Waals surface area contributed by atoms with Crippen molar-refractivity contribution in [2.75, 3.05) is 18.7 Å². The normalized spacial score (nSPS) is 11.5. The van der Waals surface area contributed by atoms with Crippen LogP contribution in [0.1, 0.15) is 12.0 Å². The number of carbonyl (C=O) groups excluding carboxylic acids is 1. The number of carbonyl (C=O) groups is 1. The van der Waals surface area contributed by atoms with Crippen LogP contribution in [0.15, 0.2) is 71.6 Å². The summed E-state index contributed by atoms with van der Waals surface area (Å²) in [6, 6.07) is 18.1. The highest BCUT2D eigenvalue weighted by Crippen LogP contribution is 2.33. The first-order valence-electron chi connectivity index (χ1n) is 10.3. The van der Waals surface area contributed by atoms with Gasteiger partial charge >= 0.3 is 0 Å². The molecule has 1 aromatic heterocycles. The number of hydrogen-bond acceptors (Lipinski definition) is 4. The number of methoxy groups -OCH3 is 1. The molecule has 0 fully saturated rings. The van der Waals surface area contributed by atoms with E-state index in [0.29, 0.717) is 17.5 Å². The van der Waals surface area contributed by atoms with Crippen LogP contribution in [0.4, 0.5) is 10.1 Å². The minimum absolute atomic E-state index is 0.134. The highest BCUT2D eigenvalue weighted by molar-refractivity contribution is 7.90. The summed E-state index contributed by atoms with van der Waals surface area (Å²) in [5, 5.41) is 3.46. The largest absolute Gasteiger partial charge is 0.497 e. The van der Waals surface area contributed by atoms with Crippen molar-refractivity contribution in [3.05, 3.63) is 78.1 Å². The number of aryl methyl sites for hydroxylation is 1. The Morgan fingerprint density at radius 1 is 1.06 bits per heavy atom. The minimum atomic E-state index is -3.38. The quantitative estimate of drug-likeness (QED) is 0.403. The molecule has 170 valence electrons. The molecule has 0 aliphatic heterocycles. The van der Waals surface area contributed by atoms with Gasteiger partial charge < -0.3 is 15.0 Å². The standard InChI is InChI=1S/C25H23FN2O4S/c1-32-19-9-6-16(7-10-19)25-21(22-14-17(26)8-12-23(22)28-25)11-13-24(29)27-18-4-3-5-20(15-18)33(2,30)31/h3-10,12,14-15,28H,11,13H2,1-2H3,(H,27,29). The van der Waals surface area contributed by atoms with Crippen LogP contribution in [0.3, 0.4) is 0 Å². The molecular weight excluding hydrogens is 443 g/mol. The molecule has 0 radical (unpaired) electrons. The number of benzene rings is 3. The molecule has 6 nitrogen and oxygen atoms in total.